The molecule has 0 saturated heterocycles. The summed E-state index contributed by atoms with van der Waals surface area (Å²) < 4.78 is 24.3. The van der Waals surface area contributed by atoms with Crippen molar-refractivity contribution in [2.45, 2.75) is 43.3 Å². The molecule has 0 radical (unpaired) electrons. The molecule has 0 unspecified atom stereocenters. The summed E-state index contributed by atoms with van der Waals surface area (Å²) in [6.45, 7) is 2.78. The molecule has 0 aliphatic heterocycles. The van der Waals surface area contributed by atoms with E-state index in [0.717, 1.165) is 19.3 Å². The van der Waals surface area contributed by atoms with Crippen LogP contribution >= 0.6 is 11.8 Å². The van der Waals surface area contributed by atoms with Gasteiger partial charge in [-0.05, 0) is 30.7 Å². The SMILES string of the molecule is CCCCCCNC(=O)Nc1ccc(SC(F)F)cc1. The number of carbonyl (C=O) groups is 1. The van der Waals surface area contributed by atoms with Gasteiger partial charge >= 0.3 is 6.03 Å². The van der Waals surface area contributed by atoms with E-state index in [9.17, 15) is 13.6 Å². The summed E-state index contributed by atoms with van der Waals surface area (Å²) in [6.07, 6.45) is 4.41. The molecule has 0 bridgehead atoms. The van der Waals surface area contributed by atoms with Crippen LogP contribution in [-0.4, -0.2) is 18.3 Å². The maximum absolute atomic E-state index is 12.1. The number of amides is 2. The third-order valence-electron chi connectivity index (χ3n) is 2.65. The molecule has 2 amide bonds. The number of rotatable bonds is 8. The Bertz CT molecular complexity index is 399. The Kier molecular flexibility index (Phi) is 8.02. The van der Waals surface area contributed by atoms with Crippen molar-refractivity contribution in [2.24, 2.45) is 0 Å². The number of thioether (sulfide) groups is 1. The zero-order chi connectivity index (χ0) is 14.8. The number of benzene rings is 1. The highest BCUT2D eigenvalue weighted by atomic mass is 32.2. The average Bonchev–Trinajstić information content (AvgIpc) is 2.40. The zero-order valence-corrected chi connectivity index (χ0v) is 12.3. The van der Waals surface area contributed by atoms with E-state index >= 15 is 0 Å². The quantitative estimate of drug-likeness (QED) is 0.539. The molecule has 0 aromatic heterocycles. The maximum atomic E-state index is 12.1. The highest BCUT2D eigenvalue weighted by Gasteiger charge is 2.05. The Morgan fingerprint density at radius 3 is 2.50 bits per heavy atom. The van der Waals surface area contributed by atoms with Gasteiger partial charge in [0.2, 0.25) is 0 Å². The number of anilines is 1. The molecular formula is C14H20F2N2OS. The van der Waals surface area contributed by atoms with E-state index in [0.29, 0.717) is 28.9 Å². The molecule has 2 N–H and O–H groups in total. The number of hydrogen-bond acceptors (Lipinski definition) is 2. The van der Waals surface area contributed by atoms with Gasteiger partial charge in [-0.3, -0.25) is 0 Å². The normalized spacial score (nSPS) is 10.6. The van der Waals surface area contributed by atoms with Crippen LogP contribution in [-0.2, 0) is 0 Å². The molecule has 0 aliphatic carbocycles. The van der Waals surface area contributed by atoms with E-state index in [1.54, 1.807) is 24.3 Å². The van der Waals surface area contributed by atoms with Crippen molar-refractivity contribution >= 4 is 23.5 Å². The second kappa shape index (κ2) is 9.58. The summed E-state index contributed by atoms with van der Waals surface area (Å²) >= 11 is 0.486. The van der Waals surface area contributed by atoms with Crippen LogP contribution in [0.4, 0.5) is 19.3 Å². The van der Waals surface area contributed by atoms with Gasteiger partial charge in [-0.25, -0.2) is 4.79 Å². The molecule has 20 heavy (non-hydrogen) atoms. The number of carbonyl (C=O) groups excluding carboxylic acids is 1. The third-order valence-corrected chi connectivity index (χ3v) is 3.38. The topological polar surface area (TPSA) is 41.1 Å². The summed E-state index contributed by atoms with van der Waals surface area (Å²) in [4.78, 5) is 12.0. The van der Waals surface area contributed by atoms with E-state index in [-0.39, 0.29) is 6.03 Å². The van der Waals surface area contributed by atoms with Crippen molar-refractivity contribution in [3.63, 3.8) is 0 Å². The summed E-state index contributed by atoms with van der Waals surface area (Å²) in [5.41, 5.74) is 0.592. The fraction of sp³-hybridized carbons (Fsp3) is 0.500. The van der Waals surface area contributed by atoms with Crippen molar-refractivity contribution in [3.8, 4) is 0 Å². The van der Waals surface area contributed by atoms with Gasteiger partial charge in [-0.15, -0.1) is 0 Å². The van der Waals surface area contributed by atoms with E-state index in [1.165, 1.54) is 6.42 Å². The molecule has 0 fully saturated rings. The molecule has 0 atom stereocenters. The fourth-order valence-electron chi connectivity index (χ4n) is 1.65. The molecular weight excluding hydrogens is 282 g/mol. The van der Waals surface area contributed by atoms with Crippen LogP contribution < -0.4 is 10.6 Å². The van der Waals surface area contributed by atoms with Gasteiger partial charge in [-0.1, -0.05) is 37.9 Å². The number of alkyl halides is 2. The fourth-order valence-corrected chi connectivity index (χ4v) is 2.15. The van der Waals surface area contributed by atoms with Gasteiger partial charge in [0, 0.05) is 17.1 Å². The van der Waals surface area contributed by atoms with Crippen LogP contribution in [0.2, 0.25) is 0 Å². The van der Waals surface area contributed by atoms with E-state index in [2.05, 4.69) is 17.6 Å². The Morgan fingerprint density at radius 2 is 1.90 bits per heavy atom. The van der Waals surface area contributed by atoms with Gasteiger partial charge in [-0.2, -0.15) is 8.78 Å². The molecule has 0 heterocycles. The number of unbranched alkanes of at least 4 members (excludes halogenated alkanes) is 3. The lowest BCUT2D eigenvalue weighted by atomic mass is 10.2. The smallest absolute Gasteiger partial charge is 0.319 e. The van der Waals surface area contributed by atoms with Crippen molar-refractivity contribution in [1.82, 2.24) is 5.32 Å². The minimum absolute atomic E-state index is 0.268. The Morgan fingerprint density at radius 1 is 1.20 bits per heavy atom. The van der Waals surface area contributed by atoms with Crippen molar-refractivity contribution in [2.75, 3.05) is 11.9 Å². The zero-order valence-electron chi connectivity index (χ0n) is 11.5. The summed E-state index contributed by atoms with van der Waals surface area (Å²) in [6, 6.07) is 6.08. The van der Waals surface area contributed by atoms with Gasteiger partial charge in [0.25, 0.3) is 5.76 Å². The molecule has 0 saturated carbocycles. The van der Waals surface area contributed by atoms with Crippen LogP contribution in [0.5, 0.6) is 0 Å². The highest BCUT2D eigenvalue weighted by Crippen LogP contribution is 2.26. The molecule has 0 aliphatic rings. The first kappa shape index (κ1) is 16.8. The van der Waals surface area contributed by atoms with Crippen molar-refractivity contribution in [3.05, 3.63) is 24.3 Å². The van der Waals surface area contributed by atoms with E-state index in [1.807, 2.05) is 0 Å². The summed E-state index contributed by atoms with van der Waals surface area (Å²) in [5, 5.41) is 5.43. The monoisotopic (exact) mass is 302 g/mol. The van der Waals surface area contributed by atoms with Crippen LogP contribution in [0.25, 0.3) is 0 Å². The predicted molar refractivity (Wildman–Crippen MR) is 79.5 cm³/mol. The van der Waals surface area contributed by atoms with Crippen LogP contribution in [0.15, 0.2) is 29.2 Å². The average molecular weight is 302 g/mol. The summed E-state index contributed by atoms with van der Waals surface area (Å²) in [5.74, 6) is -2.43. The molecule has 6 heteroatoms. The lowest BCUT2D eigenvalue weighted by Crippen LogP contribution is -2.29. The first-order chi connectivity index (χ1) is 9.61. The molecule has 1 aromatic carbocycles. The van der Waals surface area contributed by atoms with Gasteiger partial charge in [0.15, 0.2) is 0 Å². The lowest BCUT2D eigenvalue weighted by Gasteiger charge is -2.08. The highest BCUT2D eigenvalue weighted by molar-refractivity contribution is 7.99. The number of nitrogens with one attached hydrogen (secondary N) is 2. The number of hydrogen-bond donors (Lipinski definition) is 2. The molecule has 1 rings (SSSR count). The van der Waals surface area contributed by atoms with Gasteiger partial charge < -0.3 is 10.6 Å². The van der Waals surface area contributed by atoms with E-state index in [4.69, 9.17) is 0 Å². The number of urea groups is 1. The first-order valence-corrected chi connectivity index (χ1v) is 7.59. The minimum atomic E-state index is -2.43. The number of halogens is 2. The lowest BCUT2D eigenvalue weighted by molar-refractivity contribution is 0.251. The Hall–Kier alpha value is -1.30. The van der Waals surface area contributed by atoms with Gasteiger partial charge in [0.05, 0.1) is 0 Å². The molecule has 3 nitrogen and oxygen atoms in total. The molecule has 1 aromatic rings. The molecule has 0 spiro atoms. The standard InChI is InChI=1S/C14H20F2N2OS/c1-2-3-4-5-10-17-14(19)18-11-6-8-12(9-7-11)20-13(15)16/h6-9,13H,2-5,10H2,1H3,(H2,17,18,19). The molecule has 112 valence electrons. The Balaban J connectivity index is 2.27. The van der Waals surface area contributed by atoms with Crippen LogP contribution in [0, 0.1) is 0 Å². The van der Waals surface area contributed by atoms with Crippen LogP contribution in [0.1, 0.15) is 32.6 Å². The minimum Gasteiger partial charge on any atom is -0.338 e. The Labute approximate surface area is 122 Å². The second-order valence-electron chi connectivity index (χ2n) is 4.34. The largest absolute Gasteiger partial charge is 0.338 e. The maximum Gasteiger partial charge on any atom is 0.319 e. The first-order valence-electron chi connectivity index (χ1n) is 6.71. The van der Waals surface area contributed by atoms with Gasteiger partial charge in [0.1, 0.15) is 0 Å². The summed E-state index contributed by atoms with van der Waals surface area (Å²) in [7, 11) is 0. The van der Waals surface area contributed by atoms with Crippen molar-refractivity contribution < 1.29 is 13.6 Å². The third kappa shape index (κ3) is 7.33. The van der Waals surface area contributed by atoms with Crippen LogP contribution in [0.3, 0.4) is 0 Å². The predicted octanol–water partition coefficient (Wildman–Crippen LogP) is 4.70. The van der Waals surface area contributed by atoms with Crippen molar-refractivity contribution in [1.29, 1.82) is 0 Å². The van der Waals surface area contributed by atoms with E-state index < -0.39 is 5.76 Å². The second-order valence-corrected chi connectivity index (χ2v) is 5.41.